The molecule has 0 atom stereocenters. The first-order valence-electron chi connectivity index (χ1n) is 6.97. The first-order valence-corrected chi connectivity index (χ1v) is 8.67. The second kappa shape index (κ2) is 6.10. The van der Waals surface area contributed by atoms with Crippen LogP contribution in [0.15, 0.2) is 11.4 Å². The van der Waals surface area contributed by atoms with Gasteiger partial charge in [0, 0.05) is 16.3 Å². The van der Waals surface area contributed by atoms with Gasteiger partial charge in [-0.1, -0.05) is 20.8 Å². The highest BCUT2D eigenvalue weighted by molar-refractivity contribution is 7.22. The molecule has 0 fully saturated rings. The molecule has 0 radical (unpaired) electrons. The number of rotatable bonds is 5. The van der Waals surface area contributed by atoms with Gasteiger partial charge in [-0.2, -0.15) is 0 Å². The highest BCUT2D eigenvalue weighted by Crippen LogP contribution is 2.46. The zero-order chi connectivity index (χ0) is 14.0. The van der Waals surface area contributed by atoms with Gasteiger partial charge in [-0.3, -0.25) is 0 Å². The molecule has 0 saturated heterocycles. The Labute approximate surface area is 124 Å². The van der Waals surface area contributed by atoms with Gasteiger partial charge in [0.05, 0.1) is 10.6 Å². The number of thiophene rings is 2. The van der Waals surface area contributed by atoms with Crippen LogP contribution >= 0.6 is 22.7 Å². The van der Waals surface area contributed by atoms with Crippen LogP contribution in [0.1, 0.15) is 49.1 Å². The van der Waals surface area contributed by atoms with E-state index < -0.39 is 0 Å². The third-order valence-corrected chi connectivity index (χ3v) is 5.62. The van der Waals surface area contributed by atoms with Crippen molar-refractivity contribution in [3.8, 4) is 9.75 Å². The van der Waals surface area contributed by atoms with Gasteiger partial charge in [0.2, 0.25) is 0 Å². The van der Waals surface area contributed by atoms with E-state index in [1.165, 1.54) is 37.9 Å². The average Bonchev–Trinajstić information content (AvgIpc) is 2.90. The van der Waals surface area contributed by atoms with Gasteiger partial charge in [-0.25, -0.2) is 0 Å². The summed E-state index contributed by atoms with van der Waals surface area (Å²) in [6.07, 6.45) is 1.17. The molecule has 0 spiro atoms. The first-order chi connectivity index (χ1) is 9.06. The smallest absolute Gasteiger partial charge is 0.0520 e. The molecule has 0 aliphatic carbocycles. The number of hydrogen-bond acceptors (Lipinski definition) is 3. The van der Waals surface area contributed by atoms with E-state index in [4.69, 9.17) is 0 Å². The topological polar surface area (TPSA) is 12.0 Å². The summed E-state index contributed by atoms with van der Waals surface area (Å²) in [5.74, 6) is 0.556. The molecule has 104 valence electrons. The maximum Gasteiger partial charge on any atom is 0.0520 e. The molecular formula is C16H23NS2. The van der Waals surface area contributed by atoms with Gasteiger partial charge in [-0.15, -0.1) is 22.7 Å². The summed E-state index contributed by atoms with van der Waals surface area (Å²) in [5.41, 5.74) is 4.28. The minimum absolute atomic E-state index is 0.556. The van der Waals surface area contributed by atoms with Crippen LogP contribution < -0.4 is 5.32 Å². The Kier molecular flexibility index (Phi) is 4.69. The van der Waals surface area contributed by atoms with E-state index in [2.05, 4.69) is 51.4 Å². The van der Waals surface area contributed by atoms with Crippen molar-refractivity contribution in [2.24, 2.45) is 0 Å². The SMILES string of the molecule is CCCNc1c(C)sc(-c2sccc2C)c1C(C)C. The molecule has 1 nitrogen and oxygen atoms in total. The number of nitrogens with one attached hydrogen (secondary N) is 1. The fraction of sp³-hybridized carbons (Fsp3) is 0.500. The van der Waals surface area contributed by atoms with E-state index in [1.807, 2.05) is 22.7 Å². The van der Waals surface area contributed by atoms with Crippen LogP contribution in [0.2, 0.25) is 0 Å². The Morgan fingerprint density at radius 2 is 1.95 bits per heavy atom. The van der Waals surface area contributed by atoms with E-state index in [-0.39, 0.29) is 0 Å². The molecule has 2 heterocycles. The molecule has 0 unspecified atom stereocenters. The Hall–Kier alpha value is -0.800. The number of hydrogen-bond donors (Lipinski definition) is 1. The summed E-state index contributed by atoms with van der Waals surface area (Å²) in [6, 6.07) is 2.22. The van der Waals surface area contributed by atoms with Gasteiger partial charge in [-0.05, 0) is 48.8 Å². The lowest BCUT2D eigenvalue weighted by atomic mass is 10.00. The molecule has 0 saturated carbocycles. The van der Waals surface area contributed by atoms with Crippen LogP contribution in [0.25, 0.3) is 9.75 Å². The molecule has 3 heteroatoms. The van der Waals surface area contributed by atoms with Crippen molar-refractivity contribution in [3.63, 3.8) is 0 Å². The predicted octanol–water partition coefficient (Wildman–Crippen LogP) is 6.04. The van der Waals surface area contributed by atoms with Crippen molar-refractivity contribution in [1.29, 1.82) is 0 Å². The van der Waals surface area contributed by atoms with Gasteiger partial charge < -0.3 is 5.32 Å². The van der Waals surface area contributed by atoms with Crippen LogP contribution in [0, 0.1) is 13.8 Å². The van der Waals surface area contributed by atoms with E-state index in [1.54, 1.807) is 0 Å². The lowest BCUT2D eigenvalue weighted by Gasteiger charge is -2.13. The molecular weight excluding hydrogens is 270 g/mol. The molecule has 0 aliphatic rings. The van der Waals surface area contributed by atoms with Crippen LogP contribution in [0.3, 0.4) is 0 Å². The van der Waals surface area contributed by atoms with Crippen LogP contribution in [0.5, 0.6) is 0 Å². The highest BCUT2D eigenvalue weighted by Gasteiger charge is 2.20. The molecule has 0 aliphatic heterocycles. The van der Waals surface area contributed by atoms with Gasteiger partial charge >= 0.3 is 0 Å². The molecule has 0 aromatic carbocycles. The van der Waals surface area contributed by atoms with E-state index in [0.29, 0.717) is 5.92 Å². The number of anilines is 1. The van der Waals surface area contributed by atoms with Crippen LogP contribution in [-0.4, -0.2) is 6.54 Å². The summed E-state index contributed by atoms with van der Waals surface area (Å²) in [7, 11) is 0. The summed E-state index contributed by atoms with van der Waals surface area (Å²) >= 11 is 3.80. The molecule has 2 rings (SSSR count). The molecule has 2 aromatic rings. The van der Waals surface area contributed by atoms with Crippen molar-refractivity contribution in [2.45, 2.75) is 47.0 Å². The van der Waals surface area contributed by atoms with Gasteiger partial charge in [0.25, 0.3) is 0 Å². The van der Waals surface area contributed by atoms with Gasteiger partial charge in [0.1, 0.15) is 0 Å². The normalized spacial score (nSPS) is 11.3. The third kappa shape index (κ3) is 2.87. The Morgan fingerprint density at radius 1 is 1.21 bits per heavy atom. The Morgan fingerprint density at radius 3 is 2.47 bits per heavy atom. The monoisotopic (exact) mass is 293 g/mol. The van der Waals surface area contributed by atoms with Crippen molar-refractivity contribution in [3.05, 3.63) is 27.5 Å². The molecule has 0 amide bonds. The Balaban J connectivity index is 2.53. The minimum Gasteiger partial charge on any atom is -0.384 e. The summed E-state index contributed by atoms with van der Waals surface area (Å²) < 4.78 is 0. The zero-order valence-corrected chi connectivity index (χ0v) is 14.1. The fourth-order valence-corrected chi connectivity index (χ4v) is 4.80. The molecule has 19 heavy (non-hydrogen) atoms. The standard InChI is InChI=1S/C16H23NS2/c1-6-8-17-14-12(5)19-16(13(14)10(2)3)15-11(4)7-9-18-15/h7,9-10,17H,6,8H2,1-5H3. The van der Waals surface area contributed by atoms with Crippen molar-refractivity contribution < 1.29 is 0 Å². The second-order valence-electron chi connectivity index (χ2n) is 5.29. The molecule has 1 N–H and O–H groups in total. The third-order valence-electron chi connectivity index (χ3n) is 3.32. The first kappa shape index (κ1) is 14.6. The minimum atomic E-state index is 0.556. The van der Waals surface area contributed by atoms with Gasteiger partial charge in [0.15, 0.2) is 0 Å². The Bertz CT molecular complexity index is 549. The zero-order valence-electron chi connectivity index (χ0n) is 12.5. The van der Waals surface area contributed by atoms with Crippen molar-refractivity contribution in [2.75, 3.05) is 11.9 Å². The quantitative estimate of drug-likeness (QED) is 0.708. The van der Waals surface area contributed by atoms with Crippen LogP contribution in [0.4, 0.5) is 5.69 Å². The molecule has 0 bridgehead atoms. The average molecular weight is 294 g/mol. The summed E-state index contributed by atoms with van der Waals surface area (Å²) in [5, 5.41) is 5.83. The van der Waals surface area contributed by atoms with Crippen molar-refractivity contribution >= 4 is 28.4 Å². The second-order valence-corrected chi connectivity index (χ2v) is 7.43. The summed E-state index contributed by atoms with van der Waals surface area (Å²) in [4.78, 5) is 4.33. The summed E-state index contributed by atoms with van der Waals surface area (Å²) in [6.45, 7) is 12.3. The maximum absolute atomic E-state index is 3.63. The largest absolute Gasteiger partial charge is 0.384 e. The fourth-order valence-electron chi connectivity index (χ4n) is 2.36. The highest BCUT2D eigenvalue weighted by atomic mass is 32.1. The molecule has 2 aromatic heterocycles. The lowest BCUT2D eigenvalue weighted by molar-refractivity contribution is 0.869. The maximum atomic E-state index is 3.63. The van der Waals surface area contributed by atoms with Crippen LogP contribution in [-0.2, 0) is 0 Å². The van der Waals surface area contributed by atoms with Crippen molar-refractivity contribution in [1.82, 2.24) is 0 Å². The van der Waals surface area contributed by atoms with E-state index in [0.717, 1.165) is 6.54 Å². The predicted molar refractivity (Wildman–Crippen MR) is 90.0 cm³/mol. The number of aryl methyl sites for hydroxylation is 2. The lowest BCUT2D eigenvalue weighted by Crippen LogP contribution is -2.03. The van der Waals surface area contributed by atoms with E-state index >= 15 is 0 Å². The van der Waals surface area contributed by atoms with E-state index in [9.17, 15) is 0 Å².